The van der Waals surface area contributed by atoms with Crippen molar-refractivity contribution in [2.75, 3.05) is 5.75 Å². The molecule has 2 atom stereocenters. The lowest BCUT2D eigenvalue weighted by Gasteiger charge is -2.12. The van der Waals surface area contributed by atoms with Gasteiger partial charge in [0.05, 0.1) is 0 Å². The molecule has 2 rings (SSSR count). The maximum absolute atomic E-state index is 4.13. The zero-order valence-electron chi connectivity index (χ0n) is 9.86. The van der Waals surface area contributed by atoms with Gasteiger partial charge in [0.15, 0.2) is 0 Å². The van der Waals surface area contributed by atoms with Crippen LogP contribution in [0.25, 0.3) is 0 Å². The van der Waals surface area contributed by atoms with E-state index < -0.39 is 0 Å². The predicted octanol–water partition coefficient (Wildman–Crippen LogP) is 2.85. The molecule has 0 aromatic carbocycles. The minimum Gasteiger partial charge on any atom is -0.310 e. The average molecular weight is 236 g/mol. The van der Waals surface area contributed by atoms with Crippen molar-refractivity contribution < 1.29 is 0 Å². The highest BCUT2D eigenvalue weighted by atomic mass is 32.2. The summed E-state index contributed by atoms with van der Waals surface area (Å²) in [5.41, 5.74) is 1.29. The SMILES string of the molecule is CCSC1CCC(NCc2cccnc2)C1. The summed E-state index contributed by atoms with van der Waals surface area (Å²) in [5, 5.41) is 4.52. The Morgan fingerprint density at radius 3 is 3.19 bits per heavy atom. The molecule has 1 aliphatic carbocycles. The second-order valence-electron chi connectivity index (χ2n) is 4.33. The van der Waals surface area contributed by atoms with Crippen LogP contribution in [0.2, 0.25) is 0 Å². The van der Waals surface area contributed by atoms with Gasteiger partial charge in [0, 0.05) is 30.2 Å². The molecule has 0 spiro atoms. The van der Waals surface area contributed by atoms with Gasteiger partial charge in [0.1, 0.15) is 0 Å². The van der Waals surface area contributed by atoms with Crippen LogP contribution in [0.3, 0.4) is 0 Å². The Hall–Kier alpha value is -0.540. The Labute approximate surface area is 102 Å². The molecule has 1 aromatic rings. The van der Waals surface area contributed by atoms with Crippen LogP contribution in [0.4, 0.5) is 0 Å². The Bertz CT molecular complexity index is 302. The summed E-state index contributed by atoms with van der Waals surface area (Å²) in [5.74, 6) is 1.25. The Morgan fingerprint density at radius 1 is 1.50 bits per heavy atom. The Morgan fingerprint density at radius 2 is 2.44 bits per heavy atom. The van der Waals surface area contributed by atoms with E-state index in [1.54, 1.807) is 0 Å². The first kappa shape index (κ1) is 11.9. The topological polar surface area (TPSA) is 24.9 Å². The summed E-state index contributed by atoms with van der Waals surface area (Å²) in [6.45, 7) is 3.21. The number of aromatic nitrogens is 1. The summed E-state index contributed by atoms with van der Waals surface area (Å²) in [7, 11) is 0. The van der Waals surface area contributed by atoms with Crippen molar-refractivity contribution in [3.63, 3.8) is 0 Å². The van der Waals surface area contributed by atoms with Gasteiger partial charge < -0.3 is 5.32 Å². The van der Waals surface area contributed by atoms with Gasteiger partial charge in [-0.1, -0.05) is 13.0 Å². The zero-order valence-corrected chi connectivity index (χ0v) is 10.7. The summed E-state index contributed by atoms with van der Waals surface area (Å²) >= 11 is 2.11. The summed E-state index contributed by atoms with van der Waals surface area (Å²) in [4.78, 5) is 4.13. The van der Waals surface area contributed by atoms with E-state index in [-0.39, 0.29) is 0 Å². The van der Waals surface area contributed by atoms with E-state index in [9.17, 15) is 0 Å². The van der Waals surface area contributed by atoms with Crippen LogP contribution in [-0.4, -0.2) is 22.0 Å². The minimum absolute atomic E-state index is 0.712. The van der Waals surface area contributed by atoms with Crippen molar-refractivity contribution in [3.05, 3.63) is 30.1 Å². The second-order valence-corrected chi connectivity index (χ2v) is 5.91. The highest BCUT2D eigenvalue weighted by Crippen LogP contribution is 2.29. The quantitative estimate of drug-likeness (QED) is 0.851. The van der Waals surface area contributed by atoms with Crippen LogP contribution in [0.5, 0.6) is 0 Å². The lowest BCUT2D eigenvalue weighted by Crippen LogP contribution is -2.26. The van der Waals surface area contributed by atoms with Crippen molar-refractivity contribution in [2.24, 2.45) is 0 Å². The molecule has 0 bridgehead atoms. The van der Waals surface area contributed by atoms with Gasteiger partial charge in [0.2, 0.25) is 0 Å². The number of nitrogens with one attached hydrogen (secondary N) is 1. The fourth-order valence-corrected chi connectivity index (χ4v) is 3.42. The highest BCUT2D eigenvalue weighted by Gasteiger charge is 2.23. The van der Waals surface area contributed by atoms with Gasteiger partial charge >= 0.3 is 0 Å². The third-order valence-electron chi connectivity index (χ3n) is 3.10. The molecule has 1 aliphatic rings. The van der Waals surface area contributed by atoms with Crippen molar-refractivity contribution in [3.8, 4) is 0 Å². The highest BCUT2D eigenvalue weighted by molar-refractivity contribution is 7.99. The molecule has 3 heteroatoms. The fraction of sp³-hybridized carbons (Fsp3) is 0.615. The average Bonchev–Trinajstić information content (AvgIpc) is 2.76. The predicted molar refractivity (Wildman–Crippen MR) is 70.6 cm³/mol. The molecule has 1 aromatic heterocycles. The lowest BCUT2D eigenvalue weighted by molar-refractivity contribution is 0.524. The number of pyridine rings is 1. The second kappa shape index (κ2) is 6.26. The van der Waals surface area contributed by atoms with Crippen LogP contribution < -0.4 is 5.32 Å². The molecule has 88 valence electrons. The summed E-state index contributed by atoms with van der Waals surface area (Å²) in [6, 6.07) is 4.85. The van der Waals surface area contributed by atoms with E-state index in [2.05, 4.69) is 35.1 Å². The Kier molecular flexibility index (Phi) is 4.67. The van der Waals surface area contributed by atoms with Crippen LogP contribution in [0.15, 0.2) is 24.5 Å². The van der Waals surface area contributed by atoms with Gasteiger partial charge in [-0.15, -0.1) is 0 Å². The molecule has 0 amide bonds. The van der Waals surface area contributed by atoms with Gasteiger partial charge in [-0.25, -0.2) is 0 Å². The number of nitrogens with zero attached hydrogens (tertiary/aromatic N) is 1. The molecule has 0 aliphatic heterocycles. The number of thioether (sulfide) groups is 1. The molecule has 16 heavy (non-hydrogen) atoms. The molecule has 1 fully saturated rings. The van der Waals surface area contributed by atoms with Crippen LogP contribution >= 0.6 is 11.8 Å². The molecular formula is C13H20N2S. The van der Waals surface area contributed by atoms with Gasteiger partial charge in [-0.3, -0.25) is 4.98 Å². The molecule has 1 heterocycles. The van der Waals surface area contributed by atoms with Crippen LogP contribution in [-0.2, 0) is 6.54 Å². The van der Waals surface area contributed by atoms with E-state index in [4.69, 9.17) is 0 Å². The zero-order chi connectivity index (χ0) is 11.2. The van der Waals surface area contributed by atoms with E-state index in [1.165, 1.54) is 30.6 Å². The van der Waals surface area contributed by atoms with E-state index >= 15 is 0 Å². The smallest absolute Gasteiger partial charge is 0.0312 e. The van der Waals surface area contributed by atoms with Crippen molar-refractivity contribution >= 4 is 11.8 Å². The molecular weight excluding hydrogens is 216 g/mol. The van der Waals surface area contributed by atoms with Gasteiger partial charge in [-0.2, -0.15) is 11.8 Å². The molecule has 2 nitrogen and oxygen atoms in total. The largest absolute Gasteiger partial charge is 0.310 e. The summed E-state index contributed by atoms with van der Waals surface area (Å²) < 4.78 is 0. The van der Waals surface area contributed by atoms with Crippen molar-refractivity contribution in [1.29, 1.82) is 0 Å². The molecule has 0 radical (unpaired) electrons. The molecule has 1 N–H and O–H groups in total. The Balaban J connectivity index is 1.72. The van der Waals surface area contributed by atoms with Crippen LogP contribution in [0.1, 0.15) is 31.7 Å². The molecule has 1 saturated carbocycles. The van der Waals surface area contributed by atoms with E-state index in [0.29, 0.717) is 6.04 Å². The van der Waals surface area contributed by atoms with E-state index in [0.717, 1.165) is 11.8 Å². The number of rotatable bonds is 5. The maximum Gasteiger partial charge on any atom is 0.0312 e. The number of hydrogen-bond donors (Lipinski definition) is 1. The first-order valence-corrected chi connectivity index (χ1v) is 7.17. The third-order valence-corrected chi connectivity index (χ3v) is 4.34. The first-order chi connectivity index (χ1) is 7.88. The fourth-order valence-electron chi connectivity index (χ4n) is 2.28. The summed E-state index contributed by atoms with van der Waals surface area (Å²) in [6.07, 6.45) is 7.81. The van der Waals surface area contributed by atoms with Gasteiger partial charge in [-0.05, 0) is 36.6 Å². The lowest BCUT2D eigenvalue weighted by atomic mass is 10.2. The van der Waals surface area contributed by atoms with Crippen molar-refractivity contribution in [2.45, 2.75) is 44.0 Å². The van der Waals surface area contributed by atoms with E-state index in [1.807, 2.05) is 18.5 Å². The molecule has 2 unspecified atom stereocenters. The first-order valence-electron chi connectivity index (χ1n) is 6.12. The normalized spacial score (nSPS) is 24.8. The van der Waals surface area contributed by atoms with Gasteiger partial charge in [0.25, 0.3) is 0 Å². The minimum atomic E-state index is 0.712. The third kappa shape index (κ3) is 3.49. The van der Waals surface area contributed by atoms with Crippen molar-refractivity contribution in [1.82, 2.24) is 10.3 Å². The molecule has 0 saturated heterocycles. The maximum atomic E-state index is 4.13. The number of hydrogen-bond acceptors (Lipinski definition) is 3. The standard InChI is InChI=1S/C13H20N2S/c1-2-16-13-6-5-12(8-13)15-10-11-4-3-7-14-9-11/h3-4,7,9,12-13,15H,2,5-6,8,10H2,1H3. The van der Waals surface area contributed by atoms with Crippen LogP contribution in [0, 0.1) is 0 Å². The monoisotopic (exact) mass is 236 g/mol.